The smallest absolute Gasteiger partial charge is 0.376 e. The standard InChI is InChI=1S/C19H16F3N5O4/c20-19(21,22)15-3-1-2-11(24-15)18(29)26-12-7-27-8-13(14-9-30-4-5-31-14)25-16(27)6-10(12)17(23)28/h1-3,6-8,14H,4-5,9H2,(H2,23,28)(H,26,29). The number of hydrogen-bond donors (Lipinski definition) is 2. The molecule has 0 bridgehead atoms. The summed E-state index contributed by atoms with van der Waals surface area (Å²) in [5.74, 6) is -1.78. The summed E-state index contributed by atoms with van der Waals surface area (Å²) in [6, 6.07) is 4.31. The second kappa shape index (κ2) is 7.96. The predicted octanol–water partition coefficient (Wildman–Crippen LogP) is 2.19. The molecular weight excluding hydrogens is 419 g/mol. The number of anilines is 1. The number of imidazole rings is 1. The molecule has 2 amide bonds. The van der Waals surface area contributed by atoms with Crippen molar-refractivity contribution in [3.8, 4) is 0 Å². The van der Waals surface area contributed by atoms with Gasteiger partial charge in [0.15, 0.2) is 0 Å². The molecule has 1 aliphatic rings. The summed E-state index contributed by atoms with van der Waals surface area (Å²) in [4.78, 5) is 32.1. The maximum absolute atomic E-state index is 12.9. The van der Waals surface area contributed by atoms with Gasteiger partial charge in [-0.1, -0.05) is 6.07 Å². The highest BCUT2D eigenvalue weighted by atomic mass is 19.4. The van der Waals surface area contributed by atoms with E-state index in [0.29, 0.717) is 31.2 Å². The lowest BCUT2D eigenvalue weighted by Crippen LogP contribution is -2.22. The SMILES string of the molecule is NC(=O)c1cc2nc(C3COCCO3)cn2cc1NC(=O)c1cccc(C(F)(F)F)n1. The van der Waals surface area contributed by atoms with E-state index in [1.165, 1.54) is 16.7 Å². The molecule has 1 aliphatic heterocycles. The summed E-state index contributed by atoms with van der Waals surface area (Å²) in [5, 5.41) is 2.39. The van der Waals surface area contributed by atoms with Gasteiger partial charge in [0.2, 0.25) is 0 Å². The minimum absolute atomic E-state index is 0.00558. The number of alkyl halides is 3. The number of hydrogen-bond acceptors (Lipinski definition) is 6. The number of ether oxygens (including phenoxy) is 2. The second-order valence-electron chi connectivity index (χ2n) is 6.69. The van der Waals surface area contributed by atoms with Crippen LogP contribution < -0.4 is 11.1 Å². The highest BCUT2D eigenvalue weighted by Gasteiger charge is 2.33. The Kier molecular flexibility index (Phi) is 5.33. The summed E-state index contributed by atoms with van der Waals surface area (Å²) >= 11 is 0. The van der Waals surface area contributed by atoms with Gasteiger partial charge in [-0.25, -0.2) is 9.97 Å². The van der Waals surface area contributed by atoms with E-state index in [9.17, 15) is 22.8 Å². The zero-order chi connectivity index (χ0) is 22.2. The number of rotatable bonds is 4. The largest absolute Gasteiger partial charge is 0.433 e. The Morgan fingerprint density at radius 1 is 1.19 bits per heavy atom. The van der Waals surface area contributed by atoms with Crippen molar-refractivity contribution in [2.45, 2.75) is 12.3 Å². The van der Waals surface area contributed by atoms with E-state index in [1.54, 1.807) is 6.20 Å². The van der Waals surface area contributed by atoms with Crippen molar-refractivity contribution < 1.29 is 32.2 Å². The average Bonchev–Trinajstić information content (AvgIpc) is 3.16. The molecule has 0 radical (unpaired) electrons. The number of carbonyl (C=O) groups excluding carboxylic acids is 2. The molecular formula is C19H16F3N5O4. The fourth-order valence-corrected chi connectivity index (χ4v) is 3.08. The fraction of sp³-hybridized carbons (Fsp3) is 0.263. The molecule has 1 atom stereocenters. The molecule has 3 aromatic heterocycles. The number of halogens is 3. The van der Waals surface area contributed by atoms with Gasteiger partial charge in [-0.2, -0.15) is 13.2 Å². The minimum Gasteiger partial charge on any atom is -0.376 e. The van der Waals surface area contributed by atoms with Gasteiger partial charge in [-0.15, -0.1) is 0 Å². The molecule has 0 aliphatic carbocycles. The summed E-state index contributed by atoms with van der Waals surface area (Å²) in [6.45, 7) is 1.21. The lowest BCUT2D eigenvalue weighted by molar-refractivity contribution is -0.141. The molecule has 1 unspecified atom stereocenters. The normalized spacial score (nSPS) is 16.9. The van der Waals surface area contributed by atoms with E-state index in [1.807, 2.05) is 0 Å². The van der Waals surface area contributed by atoms with Gasteiger partial charge in [0, 0.05) is 12.4 Å². The average molecular weight is 435 g/mol. The number of pyridine rings is 2. The Morgan fingerprint density at radius 3 is 2.68 bits per heavy atom. The maximum atomic E-state index is 12.9. The van der Waals surface area contributed by atoms with Gasteiger partial charge in [0.1, 0.15) is 23.1 Å². The first kappa shape index (κ1) is 20.8. The molecule has 162 valence electrons. The first-order valence-electron chi connectivity index (χ1n) is 9.10. The van der Waals surface area contributed by atoms with Crippen LogP contribution in [0.3, 0.4) is 0 Å². The van der Waals surface area contributed by atoms with Crippen LogP contribution >= 0.6 is 0 Å². The highest BCUT2D eigenvalue weighted by molar-refractivity contribution is 6.08. The quantitative estimate of drug-likeness (QED) is 0.648. The summed E-state index contributed by atoms with van der Waals surface area (Å²) in [5.41, 5.74) is 4.59. The third-order valence-corrected chi connectivity index (χ3v) is 4.54. The van der Waals surface area contributed by atoms with Crippen molar-refractivity contribution in [3.63, 3.8) is 0 Å². The van der Waals surface area contributed by atoms with Crippen LogP contribution in [0.15, 0.2) is 36.7 Å². The van der Waals surface area contributed by atoms with Gasteiger partial charge in [-0.3, -0.25) is 9.59 Å². The predicted molar refractivity (Wildman–Crippen MR) is 100 cm³/mol. The molecule has 4 heterocycles. The number of carbonyl (C=O) groups is 2. The first-order chi connectivity index (χ1) is 14.7. The van der Waals surface area contributed by atoms with Gasteiger partial charge in [-0.05, 0) is 18.2 Å². The molecule has 12 heteroatoms. The van der Waals surface area contributed by atoms with E-state index < -0.39 is 35.5 Å². The monoisotopic (exact) mass is 435 g/mol. The van der Waals surface area contributed by atoms with Crippen LogP contribution in [0.25, 0.3) is 5.65 Å². The van der Waals surface area contributed by atoms with Gasteiger partial charge >= 0.3 is 6.18 Å². The second-order valence-corrected chi connectivity index (χ2v) is 6.69. The molecule has 4 rings (SSSR count). The molecule has 1 saturated heterocycles. The lowest BCUT2D eigenvalue weighted by Gasteiger charge is -2.20. The summed E-state index contributed by atoms with van der Waals surface area (Å²) in [6.07, 6.45) is -2.07. The molecule has 31 heavy (non-hydrogen) atoms. The van der Waals surface area contributed by atoms with E-state index in [2.05, 4.69) is 15.3 Å². The number of aromatic nitrogens is 3. The topological polar surface area (TPSA) is 121 Å². The zero-order valence-corrected chi connectivity index (χ0v) is 15.8. The third-order valence-electron chi connectivity index (χ3n) is 4.54. The van der Waals surface area contributed by atoms with Crippen molar-refractivity contribution in [2.24, 2.45) is 5.73 Å². The maximum Gasteiger partial charge on any atom is 0.433 e. The number of fused-ring (bicyclic) bond motifs is 1. The fourth-order valence-electron chi connectivity index (χ4n) is 3.08. The summed E-state index contributed by atoms with van der Waals surface area (Å²) in [7, 11) is 0. The van der Waals surface area contributed by atoms with E-state index in [0.717, 1.165) is 18.2 Å². The summed E-state index contributed by atoms with van der Waals surface area (Å²) < 4.78 is 51.1. The molecule has 0 spiro atoms. The number of amides is 2. The Hall–Kier alpha value is -3.51. The van der Waals surface area contributed by atoms with Crippen molar-refractivity contribution in [2.75, 3.05) is 25.1 Å². The third kappa shape index (κ3) is 4.34. The number of nitrogens with one attached hydrogen (secondary N) is 1. The lowest BCUT2D eigenvalue weighted by atomic mass is 10.2. The van der Waals surface area contributed by atoms with Crippen LogP contribution in [0.4, 0.5) is 18.9 Å². The van der Waals surface area contributed by atoms with Crippen LogP contribution in [0.5, 0.6) is 0 Å². The Bertz CT molecular complexity index is 1160. The molecule has 9 nitrogen and oxygen atoms in total. The van der Waals surface area contributed by atoms with Gasteiger partial charge in [0.25, 0.3) is 11.8 Å². The Labute approximate surface area is 173 Å². The van der Waals surface area contributed by atoms with Crippen molar-refractivity contribution in [1.29, 1.82) is 0 Å². The van der Waals surface area contributed by atoms with Crippen molar-refractivity contribution in [1.82, 2.24) is 14.4 Å². The Balaban J connectivity index is 1.66. The number of nitrogens with zero attached hydrogens (tertiary/aromatic N) is 3. The highest BCUT2D eigenvalue weighted by Crippen LogP contribution is 2.28. The van der Waals surface area contributed by atoms with Crippen LogP contribution in [0.1, 0.15) is 38.3 Å². The van der Waals surface area contributed by atoms with E-state index >= 15 is 0 Å². The molecule has 0 aromatic carbocycles. The van der Waals surface area contributed by atoms with Crippen LogP contribution in [-0.4, -0.2) is 46.0 Å². The van der Waals surface area contributed by atoms with Crippen LogP contribution in [-0.2, 0) is 15.7 Å². The zero-order valence-electron chi connectivity index (χ0n) is 15.8. The molecule has 3 N–H and O–H groups in total. The molecule has 3 aromatic rings. The number of nitrogens with two attached hydrogens (primary N) is 1. The van der Waals surface area contributed by atoms with E-state index in [-0.39, 0.29) is 11.3 Å². The first-order valence-corrected chi connectivity index (χ1v) is 9.10. The Morgan fingerprint density at radius 2 is 2.00 bits per heavy atom. The van der Waals surface area contributed by atoms with Crippen molar-refractivity contribution >= 4 is 23.1 Å². The van der Waals surface area contributed by atoms with Gasteiger partial charge < -0.3 is 24.9 Å². The van der Waals surface area contributed by atoms with Crippen LogP contribution in [0, 0.1) is 0 Å². The van der Waals surface area contributed by atoms with E-state index in [4.69, 9.17) is 15.2 Å². The number of primary amides is 1. The minimum atomic E-state index is -4.70. The van der Waals surface area contributed by atoms with Crippen molar-refractivity contribution in [3.05, 3.63) is 59.3 Å². The van der Waals surface area contributed by atoms with Gasteiger partial charge in [0.05, 0.1) is 36.8 Å². The molecule has 1 fully saturated rings. The molecule has 0 saturated carbocycles. The van der Waals surface area contributed by atoms with Crippen LogP contribution in [0.2, 0.25) is 0 Å².